The van der Waals surface area contributed by atoms with Crippen molar-refractivity contribution in [2.24, 2.45) is 0 Å². The van der Waals surface area contributed by atoms with Gasteiger partial charge in [0.25, 0.3) is 0 Å². The van der Waals surface area contributed by atoms with E-state index < -0.39 is 5.91 Å². The van der Waals surface area contributed by atoms with Gasteiger partial charge in [-0.05, 0) is 37.1 Å². The molecule has 0 saturated heterocycles. The number of ketones is 1. The van der Waals surface area contributed by atoms with Crippen molar-refractivity contribution in [3.63, 3.8) is 0 Å². The number of amides is 1. The van der Waals surface area contributed by atoms with E-state index in [0.29, 0.717) is 36.1 Å². The summed E-state index contributed by atoms with van der Waals surface area (Å²) in [6.45, 7) is 5.45. The smallest absolute Gasteiger partial charge is 0.232 e. The van der Waals surface area contributed by atoms with Crippen molar-refractivity contribution in [3.8, 4) is 17.2 Å². The lowest BCUT2D eigenvalue weighted by molar-refractivity contribution is -0.126. The first kappa shape index (κ1) is 29.2. The van der Waals surface area contributed by atoms with Gasteiger partial charge in [-0.15, -0.1) is 0 Å². The summed E-state index contributed by atoms with van der Waals surface area (Å²) in [6, 6.07) is 14.6. The molecule has 6 nitrogen and oxygen atoms in total. The van der Waals surface area contributed by atoms with Gasteiger partial charge in [0.15, 0.2) is 5.78 Å². The highest BCUT2D eigenvalue weighted by Gasteiger charge is 2.14. The predicted octanol–water partition coefficient (Wildman–Crippen LogP) is 7.36. The highest BCUT2D eigenvalue weighted by atomic mass is 16.5. The lowest BCUT2D eigenvalue weighted by Crippen LogP contribution is -2.21. The summed E-state index contributed by atoms with van der Waals surface area (Å²) in [5.41, 5.74) is 0.522. The minimum absolute atomic E-state index is 0.153. The van der Waals surface area contributed by atoms with Gasteiger partial charge >= 0.3 is 0 Å². The fourth-order valence-corrected chi connectivity index (χ4v) is 3.71. The molecule has 2 aromatic carbocycles. The second-order valence-electron chi connectivity index (χ2n) is 9.05. The number of rotatable bonds is 20. The van der Waals surface area contributed by atoms with Crippen molar-refractivity contribution in [3.05, 3.63) is 48.5 Å². The van der Waals surface area contributed by atoms with Crippen LogP contribution in [0.1, 0.15) is 84.5 Å². The van der Waals surface area contributed by atoms with Crippen LogP contribution < -0.4 is 19.5 Å². The van der Waals surface area contributed by atoms with Crippen LogP contribution in [0.4, 0.5) is 5.69 Å². The van der Waals surface area contributed by atoms with E-state index in [1.54, 1.807) is 18.2 Å². The first-order valence-electron chi connectivity index (χ1n) is 13.5. The molecule has 0 aliphatic rings. The summed E-state index contributed by atoms with van der Waals surface area (Å²) in [5.74, 6) is 1.16. The Morgan fingerprint density at radius 1 is 0.694 bits per heavy atom. The van der Waals surface area contributed by atoms with Gasteiger partial charge in [-0.3, -0.25) is 9.59 Å². The zero-order valence-electron chi connectivity index (χ0n) is 22.1. The van der Waals surface area contributed by atoms with Gasteiger partial charge in [-0.1, -0.05) is 83.4 Å². The van der Waals surface area contributed by atoms with Crippen LogP contribution in [-0.4, -0.2) is 31.5 Å². The van der Waals surface area contributed by atoms with Gasteiger partial charge in [0.2, 0.25) is 5.91 Å². The summed E-state index contributed by atoms with van der Waals surface area (Å²) >= 11 is 0. The van der Waals surface area contributed by atoms with Crippen LogP contribution in [-0.2, 0) is 9.59 Å². The molecule has 36 heavy (non-hydrogen) atoms. The average molecular weight is 498 g/mol. The van der Waals surface area contributed by atoms with E-state index in [-0.39, 0.29) is 18.8 Å². The number of carbonyl (C=O) groups is 2. The zero-order valence-corrected chi connectivity index (χ0v) is 22.1. The first-order valence-corrected chi connectivity index (χ1v) is 13.5. The van der Waals surface area contributed by atoms with E-state index in [9.17, 15) is 9.59 Å². The molecule has 1 N–H and O–H groups in total. The van der Waals surface area contributed by atoms with Crippen LogP contribution >= 0.6 is 0 Å². The van der Waals surface area contributed by atoms with Crippen molar-refractivity contribution in [2.45, 2.75) is 84.5 Å². The lowest BCUT2D eigenvalue weighted by Gasteiger charge is -2.15. The van der Waals surface area contributed by atoms with Gasteiger partial charge in [0.05, 0.1) is 25.3 Å². The van der Waals surface area contributed by atoms with Gasteiger partial charge in [0, 0.05) is 6.07 Å². The number of ether oxygens (including phenoxy) is 3. The van der Waals surface area contributed by atoms with E-state index in [2.05, 4.69) is 19.2 Å². The highest BCUT2D eigenvalue weighted by molar-refractivity contribution is 6.05. The van der Waals surface area contributed by atoms with E-state index in [4.69, 9.17) is 14.2 Å². The molecule has 0 saturated carbocycles. The molecule has 0 radical (unpaired) electrons. The molecule has 198 valence electrons. The van der Waals surface area contributed by atoms with Gasteiger partial charge in [0.1, 0.15) is 23.9 Å². The standard InChI is InChI=1S/C30H43NO5/c1-3-5-7-9-14-20-34-27-18-19-29(35-21-15-10-8-6-4-2)28(23-27)31-30(33)22-25(32)24-36-26-16-12-11-13-17-26/h11-13,16-19,23H,3-10,14-15,20-22,24H2,1-2H3,(H,31,33). The van der Waals surface area contributed by atoms with E-state index in [0.717, 1.165) is 25.7 Å². The molecule has 6 heteroatoms. The number of carbonyl (C=O) groups excluding carboxylic acids is 2. The number of anilines is 1. The molecule has 0 aliphatic heterocycles. The molecular weight excluding hydrogens is 454 g/mol. The Bertz CT molecular complexity index is 884. The number of Topliss-reactive ketones (excluding diaryl/α,β-unsaturated/α-hetero) is 1. The van der Waals surface area contributed by atoms with Crippen LogP contribution in [0.5, 0.6) is 17.2 Å². The molecule has 0 aromatic heterocycles. The summed E-state index contributed by atoms with van der Waals surface area (Å²) in [4.78, 5) is 24.9. The van der Waals surface area contributed by atoms with Crippen molar-refractivity contribution >= 4 is 17.4 Å². The fourth-order valence-electron chi connectivity index (χ4n) is 3.71. The number of unbranched alkanes of at least 4 members (excludes halogenated alkanes) is 8. The number of nitrogens with one attached hydrogen (secondary N) is 1. The minimum Gasteiger partial charge on any atom is -0.494 e. The second-order valence-corrected chi connectivity index (χ2v) is 9.05. The molecule has 0 bridgehead atoms. The molecule has 1 amide bonds. The Morgan fingerprint density at radius 2 is 1.33 bits per heavy atom. The quantitative estimate of drug-likeness (QED) is 0.153. The molecule has 0 unspecified atom stereocenters. The summed E-state index contributed by atoms with van der Waals surface area (Å²) in [7, 11) is 0. The molecule has 0 aliphatic carbocycles. The molecular formula is C30H43NO5. The highest BCUT2D eigenvalue weighted by Crippen LogP contribution is 2.30. The molecule has 0 heterocycles. The van der Waals surface area contributed by atoms with Crippen molar-refractivity contribution in [1.29, 1.82) is 0 Å². The first-order chi connectivity index (χ1) is 17.6. The summed E-state index contributed by atoms with van der Waals surface area (Å²) in [6.07, 6.45) is 11.2. The van der Waals surface area contributed by atoms with Crippen molar-refractivity contribution < 1.29 is 23.8 Å². The Morgan fingerprint density at radius 3 is 2.00 bits per heavy atom. The number of hydrogen-bond donors (Lipinski definition) is 1. The van der Waals surface area contributed by atoms with E-state index >= 15 is 0 Å². The van der Waals surface area contributed by atoms with Crippen LogP contribution in [0.3, 0.4) is 0 Å². The molecule has 0 atom stereocenters. The van der Waals surface area contributed by atoms with Crippen LogP contribution in [0.15, 0.2) is 48.5 Å². The van der Waals surface area contributed by atoms with Crippen LogP contribution in [0, 0.1) is 0 Å². The summed E-state index contributed by atoms with van der Waals surface area (Å²) in [5, 5.41) is 2.84. The average Bonchev–Trinajstić information content (AvgIpc) is 2.88. The molecule has 2 aromatic rings. The number of para-hydroxylation sites is 1. The van der Waals surface area contributed by atoms with Gasteiger partial charge in [-0.25, -0.2) is 0 Å². The SMILES string of the molecule is CCCCCCCOc1ccc(OCCCCCCC)c(NC(=O)CC(=O)COc2ccccc2)c1. The van der Waals surface area contributed by atoms with E-state index in [1.165, 1.54) is 38.5 Å². The third kappa shape index (κ3) is 12.6. The van der Waals surface area contributed by atoms with Gasteiger partial charge < -0.3 is 19.5 Å². The Hall–Kier alpha value is -3.02. The normalized spacial score (nSPS) is 10.6. The largest absolute Gasteiger partial charge is 0.494 e. The fraction of sp³-hybridized carbons (Fsp3) is 0.533. The van der Waals surface area contributed by atoms with E-state index in [1.807, 2.05) is 30.3 Å². The monoisotopic (exact) mass is 497 g/mol. The van der Waals surface area contributed by atoms with Crippen LogP contribution in [0.2, 0.25) is 0 Å². The minimum atomic E-state index is -0.402. The molecule has 0 spiro atoms. The third-order valence-electron chi connectivity index (χ3n) is 5.75. The molecule has 2 rings (SSSR count). The van der Waals surface area contributed by atoms with Crippen molar-refractivity contribution in [2.75, 3.05) is 25.1 Å². The maximum Gasteiger partial charge on any atom is 0.232 e. The Labute approximate surface area is 216 Å². The van der Waals surface area contributed by atoms with Crippen molar-refractivity contribution in [1.82, 2.24) is 0 Å². The molecule has 0 fully saturated rings. The topological polar surface area (TPSA) is 73.9 Å². The summed E-state index contributed by atoms with van der Waals surface area (Å²) < 4.78 is 17.3. The maximum absolute atomic E-state index is 12.6. The number of benzene rings is 2. The second kappa shape index (κ2) is 18.3. The van der Waals surface area contributed by atoms with Crippen LogP contribution in [0.25, 0.3) is 0 Å². The zero-order chi connectivity index (χ0) is 25.8. The van der Waals surface area contributed by atoms with Gasteiger partial charge in [-0.2, -0.15) is 0 Å². The third-order valence-corrected chi connectivity index (χ3v) is 5.75. The Balaban J connectivity index is 1.90. The Kier molecular flexibility index (Phi) is 14.8. The number of hydrogen-bond acceptors (Lipinski definition) is 5. The predicted molar refractivity (Wildman–Crippen MR) is 145 cm³/mol. The lowest BCUT2D eigenvalue weighted by atomic mass is 10.2. The maximum atomic E-state index is 12.6.